The molecule has 0 bridgehead atoms. The minimum atomic E-state index is -3.19. The number of halogens is 3. The van der Waals surface area contributed by atoms with Crippen molar-refractivity contribution in [3.8, 4) is 11.8 Å². The van der Waals surface area contributed by atoms with Crippen molar-refractivity contribution in [2.24, 2.45) is 0 Å². The van der Waals surface area contributed by atoms with Crippen molar-refractivity contribution >= 4 is 12.0 Å². The maximum absolute atomic E-state index is 13.2. The summed E-state index contributed by atoms with van der Waals surface area (Å²) >= 11 is 0. The van der Waals surface area contributed by atoms with E-state index in [1.807, 2.05) is 0 Å². The van der Waals surface area contributed by atoms with E-state index in [4.69, 9.17) is 10.4 Å². The molecule has 0 saturated heterocycles. The quantitative estimate of drug-likeness (QED) is 0.841. The van der Waals surface area contributed by atoms with Gasteiger partial charge in [-0.15, -0.1) is 0 Å². The van der Waals surface area contributed by atoms with Gasteiger partial charge in [-0.2, -0.15) is 14.0 Å². The summed E-state index contributed by atoms with van der Waals surface area (Å²) in [5.74, 6) is -2.89. The summed E-state index contributed by atoms with van der Waals surface area (Å²) in [7, 11) is 0. The van der Waals surface area contributed by atoms with Crippen LogP contribution in [0.15, 0.2) is 18.2 Å². The predicted octanol–water partition coefficient (Wildman–Crippen LogP) is 2.40. The summed E-state index contributed by atoms with van der Waals surface area (Å²) < 4.78 is 41.3. The Morgan fingerprint density at radius 3 is 2.67 bits per heavy atom. The Labute approximate surface area is 99.5 Å². The highest BCUT2D eigenvalue weighted by Gasteiger charge is 2.13. The van der Waals surface area contributed by atoms with E-state index in [0.29, 0.717) is 12.1 Å². The van der Waals surface area contributed by atoms with Crippen molar-refractivity contribution in [3.63, 3.8) is 0 Å². The average molecular weight is 257 g/mol. The van der Waals surface area contributed by atoms with E-state index in [-0.39, 0.29) is 5.56 Å². The van der Waals surface area contributed by atoms with E-state index in [1.165, 1.54) is 6.07 Å². The zero-order valence-corrected chi connectivity index (χ0v) is 8.73. The molecule has 0 radical (unpaired) electrons. The number of ether oxygens (including phenoxy) is 1. The van der Waals surface area contributed by atoms with Gasteiger partial charge in [0.15, 0.2) is 0 Å². The molecular formula is C11H6F3NO3. The lowest BCUT2D eigenvalue weighted by Gasteiger charge is -2.08. The monoisotopic (exact) mass is 257 g/mol. The van der Waals surface area contributed by atoms with Crippen molar-refractivity contribution < 1.29 is 27.8 Å². The SMILES string of the molecule is N#Cc1cc(/C=C/C(=O)O)c(OC(F)F)cc1F. The van der Waals surface area contributed by atoms with Gasteiger partial charge in [-0.05, 0) is 12.1 Å². The normalized spacial score (nSPS) is 10.6. The van der Waals surface area contributed by atoms with Crippen molar-refractivity contribution in [1.82, 2.24) is 0 Å². The number of rotatable bonds is 4. The lowest BCUT2D eigenvalue weighted by molar-refractivity contribution is -0.131. The van der Waals surface area contributed by atoms with Crippen LogP contribution in [-0.2, 0) is 4.79 Å². The highest BCUT2D eigenvalue weighted by molar-refractivity contribution is 5.86. The van der Waals surface area contributed by atoms with E-state index in [2.05, 4.69) is 4.74 Å². The summed E-state index contributed by atoms with van der Waals surface area (Å²) in [6.07, 6.45) is 1.59. The first-order chi connectivity index (χ1) is 8.43. The number of nitrogens with zero attached hydrogens (tertiary/aromatic N) is 1. The van der Waals surface area contributed by atoms with Crippen LogP contribution < -0.4 is 4.74 Å². The van der Waals surface area contributed by atoms with Gasteiger partial charge in [0.1, 0.15) is 17.6 Å². The Bertz CT molecular complexity index is 535. The molecule has 1 aromatic carbocycles. The van der Waals surface area contributed by atoms with E-state index in [1.54, 1.807) is 0 Å². The highest BCUT2D eigenvalue weighted by Crippen LogP contribution is 2.25. The van der Waals surface area contributed by atoms with E-state index in [9.17, 15) is 18.0 Å². The molecule has 18 heavy (non-hydrogen) atoms. The van der Waals surface area contributed by atoms with Crippen LogP contribution in [0.25, 0.3) is 6.08 Å². The predicted molar refractivity (Wildman–Crippen MR) is 54.4 cm³/mol. The van der Waals surface area contributed by atoms with Gasteiger partial charge in [0.25, 0.3) is 0 Å². The number of hydrogen-bond donors (Lipinski definition) is 1. The van der Waals surface area contributed by atoms with Crippen LogP contribution in [0.2, 0.25) is 0 Å². The first kappa shape index (κ1) is 13.6. The van der Waals surface area contributed by atoms with Crippen molar-refractivity contribution in [2.45, 2.75) is 6.61 Å². The number of carboxylic acid groups (broad SMARTS) is 1. The van der Waals surface area contributed by atoms with Crippen LogP contribution in [0, 0.1) is 17.1 Å². The third-order valence-electron chi connectivity index (χ3n) is 1.84. The minimum Gasteiger partial charge on any atom is -0.478 e. The third-order valence-corrected chi connectivity index (χ3v) is 1.84. The molecule has 0 aliphatic heterocycles. The van der Waals surface area contributed by atoms with Crippen LogP contribution in [0.3, 0.4) is 0 Å². The topological polar surface area (TPSA) is 70.3 Å². The van der Waals surface area contributed by atoms with Crippen molar-refractivity contribution in [3.05, 3.63) is 35.2 Å². The highest BCUT2D eigenvalue weighted by atomic mass is 19.3. The first-order valence-electron chi connectivity index (χ1n) is 4.53. The maximum atomic E-state index is 13.2. The standard InChI is InChI=1S/C11H6F3NO3/c12-8-4-9(18-11(13)14)6(1-2-10(16)17)3-7(8)5-15/h1-4,11H,(H,16,17)/b2-1+. The molecule has 0 atom stereocenters. The van der Waals surface area contributed by atoms with E-state index < -0.39 is 29.7 Å². The number of carboxylic acids is 1. The fourth-order valence-electron chi connectivity index (χ4n) is 1.15. The molecule has 7 heteroatoms. The molecule has 0 unspecified atom stereocenters. The molecule has 0 aromatic heterocycles. The molecule has 1 rings (SSSR count). The van der Waals surface area contributed by atoms with Crippen LogP contribution in [-0.4, -0.2) is 17.7 Å². The van der Waals surface area contributed by atoms with Gasteiger partial charge in [0, 0.05) is 17.7 Å². The van der Waals surface area contributed by atoms with E-state index in [0.717, 1.165) is 12.1 Å². The van der Waals surface area contributed by atoms with E-state index >= 15 is 0 Å². The number of hydrogen-bond acceptors (Lipinski definition) is 3. The second kappa shape index (κ2) is 5.72. The van der Waals surface area contributed by atoms with Crippen LogP contribution >= 0.6 is 0 Å². The minimum absolute atomic E-state index is 0.129. The number of carbonyl (C=O) groups is 1. The first-order valence-corrected chi connectivity index (χ1v) is 4.53. The molecule has 0 saturated carbocycles. The van der Waals surface area contributed by atoms with Crippen LogP contribution in [0.1, 0.15) is 11.1 Å². The average Bonchev–Trinajstić information content (AvgIpc) is 2.27. The lowest BCUT2D eigenvalue weighted by Crippen LogP contribution is -2.04. The van der Waals surface area contributed by atoms with Gasteiger partial charge < -0.3 is 9.84 Å². The molecular weight excluding hydrogens is 251 g/mol. The Hall–Kier alpha value is -2.49. The number of aliphatic carboxylic acids is 1. The largest absolute Gasteiger partial charge is 0.478 e. The smallest absolute Gasteiger partial charge is 0.387 e. The zero-order chi connectivity index (χ0) is 13.7. The van der Waals surface area contributed by atoms with Gasteiger partial charge in [0.05, 0.1) is 5.56 Å². The van der Waals surface area contributed by atoms with Crippen molar-refractivity contribution in [1.29, 1.82) is 5.26 Å². The Morgan fingerprint density at radius 2 is 2.17 bits per heavy atom. The van der Waals surface area contributed by atoms with Gasteiger partial charge in [-0.3, -0.25) is 0 Å². The molecule has 0 aliphatic carbocycles. The summed E-state index contributed by atoms with van der Waals surface area (Å²) in [5, 5.41) is 17.0. The Kier molecular flexibility index (Phi) is 4.32. The summed E-state index contributed by atoms with van der Waals surface area (Å²) in [4.78, 5) is 10.3. The fraction of sp³-hybridized carbons (Fsp3) is 0.0909. The zero-order valence-electron chi connectivity index (χ0n) is 8.73. The summed E-state index contributed by atoms with van der Waals surface area (Å²) in [6, 6.07) is 3.03. The van der Waals surface area contributed by atoms with Crippen LogP contribution in [0.4, 0.5) is 13.2 Å². The third kappa shape index (κ3) is 3.52. The summed E-state index contributed by atoms with van der Waals surface area (Å²) in [5.41, 5.74) is -0.530. The molecule has 1 aromatic rings. The van der Waals surface area contributed by atoms with Gasteiger partial charge in [-0.25, -0.2) is 9.18 Å². The van der Waals surface area contributed by atoms with Crippen LogP contribution in [0.5, 0.6) is 5.75 Å². The van der Waals surface area contributed by atoms with Gasteiger partial charge >= 0.3 is 12.6 Å². The molecule has 1 N–H and O–H groups in total. The number of benzene rings is 1. The number of alkyl halides is 2. The van der Waals surface area contributed by atoms with Gasteiger partial charge in [-0.1, -0.05) is 0 Å². The second-order valence-corrected chi connectivity index (χ2v) is 3.03. The Morgan fingerprint density at radius 1 is 1.50 bits per heavy atom. The number of nitriles is 1. The maximum Gasteiger partial charge on any atom is 0.387 e. The van der Waals surface area contributed by atoms with Crippen molar-refractivity contribution in [2.75, 3.05) is 0 Å². The molecule has 0 amide bonds. The second-order valence-electron chi connectivity index (χ2n) is 3.03. The molecule has 0 aliphatic rings. The molecule has 94 valence electrons. The van der Waals surface area contributed by atoms with Gasteiger partial charge in [0.2, 0.25) is 0 Å². The molecule has 0 fully saturated rings. The molecule has 4 nitrogen and oxygen atoms in total. The fourth-order valence-corrected chi connectivity index (χ4v) is 1.15. The Balaban J connectivity index is 3.26. The molecule has 0 heterocycles. The molecule has 0 spiro atoms. The summed E-state index contributed by atoms with van der Waals surface area (Å²) in [6.45, 7) is -3.19. The lowest BCUT2D eigenvalue weighted by atomic mass is 10.1.